The van der Waals surface area contributed by atoms with Gasteiger partial charge in [0.25, 0.3) is 0 Å². The number of hydrogen-bond acceptors (Lipinski definition) is 5. The van der Waals surface area contributed by atoms with Crippen molar-refractivity contribution in [1.82, 2.24) is 4.90 Å². The highest BCUT2D eigenvalue weighted by Crippen LogP contribution is 2.39. The second kappa shape index (κ2) is 10.3. The SMILES string of the molecule is CCOC(=O)c1c(NC(=O)C2CCN(Cc3ccc(Cl)cc3F)CC2)sc2c1CCCC2. The standard InChI is InChI=1S/C24H28ClFN2O3S/c1-2-31-24(30)21-18-5-3-4-6-20(18)32-23(21)27-22(29)15-9-11-28(12-10-15)14-16-7-8-17(25)13-19(16)26/h7-8,13,15H,2-6,9-12,14H2,1H3,(H,27,29). The van der Waals surface area contributed by atoms with Gasteiger partial charge in [-0.3, -0.25) is 9.69 Å². The summed E-state index contributed by atoms with van der Waals surface area (Å²) in [6, 6.07) is 4.74. The number of anilines is 1. The summed E-state index contributed by atoms with van der Waals surface area (Å²) in [6.07, 6.45) is 5.35. The Morgan fingerprint density at radius 3 is 2.72 bits per heavy atom. The second-order valence-electron chi connectivity index (χ2n) is 8.41. The summed E-state index contributed by atoms with van der Waals surface area (Å²) in [7, 11) is 0. The number of aryl methyl sites for hydroxylation is 1. The first kappa shape index (κ1) is 23.2. The number of esters is 1. The van der Waals surface area contributed by atoms with Crippen LogP contribution in [0, 0.1) is 11.7 Å². The number of benzene rings is 1. The fourth-order valence-corrected chi connectivity index (χ4v) is 5.97. The number of nitrogens with zero attached hydrogens (tertiary/aromatic N) is 1. The van der Waals surface area contributed by atoms with Gasteiger partial charge in [0.2, 0.25) is 5.91 Å². The molecule has 1 aliphatic heterocycles. The number of halogens is 2. The molecule has 1 aromatic heterocycles. The highest BCUT2D eigenvalue weighted by Gasteiger charge is 2.30. The molecule has 0 atom stereocenters. The van der Waals surface area contributed by atoms with Gasteiger partial charge in [-0.1, -0.05) is 17.7 Å². The van der Waals surface area contributed by atoms with Gasteiger partial charge in [0.15, 0.2) is 0 Å². The summed E-state index contributed by atoms with van der Waals surface area (Å²) in [6.45, 7) is 4.03. The molecule has 2 aromatic rings. The molecule has 172 valence electrons. The van der Waals surface area contributed by atoms with Crippen LogP contribution in [0.25, 0.3) is 0 Å². The first-order chi connectivity index (χ1) is 15.5. The molecule has 0 spiro atoms. The van der Waals surface area contributed by atoms with E-state index in [2.05, 4.69) is 10.2 Å². The Labute approximate surface area is 196 Å². The van der Waals surface area contributed by atoms with E-state index in [4.69, 9.17) is 16.3 Å². The molecule has 0 unspecified atom stereocenters. The van der Waals surface area contributed by atoms with Gasteiger partial charge in [-0.2, -0.15) is 0 Å². The monoisotopic (exact) mass is 478 g/mol. The van der Waals surface area contributed by atoms with Crippen LogP contribution in [-0.2, 0) is 28.9 Å². The summed E-state index contributed by atoms with van der Waals surface area (Å²) in [4.78, 5) is 29.0. The number of hydrogen-bond donors (Lipinski definition) is 1. The maximum absolute atomic E-state index is 14.1. The number of fused-ring (bicyclic) bond motifs is 1. The van der Waals surface area contributed by atoms with Gasteiger partial charge in [-0.15, -0.1) is 11.3 Å². The molecule has 5 nitrogen and oxygen atoms in total. The van der Waals surface area contributed by atoms with Crippen LogP contribution in [0.15, 0.2) is 18.2 Å². The zero-order chi connectivity index (χ0) is 22.7. The van der Waals surface area contributed by atoms with Crippen molar-refractivity contribution in [2.24, 2.45) is 5.92 Å². The van der Waals surface area contributed by atoms with Crippen molar-refractivity contribution >= 4 is 39.8 Å². The molecule has 2 aliphatic rings. The molecular weight excluding hydrogens is 451 g/mol. The van der Waals surface area contributed by atoms with Gasteiger partial charge in [-0.25, -0.2) is 9.18 Å². The summed E-state index contributed by atoms with van der Waals surface area (Å²) >= 11 is 7.35. The number of piperidine rings is 1. The van der Waals surface area contributed by atoms with E-state index >= 15 is 0 Å². The summed E-state index contributed by atoms with van der Waals surface area (Å²) in [5.74, 6) is -0.825. The van der Waals surface area contributed by atoms with Gasteiger partial charge in [-0.05, 0) is 76.2 Å². The number of nitrogens with one attached hydrogen (secondary N) is 1. The average Bonchev–Trinajstić information content (AvgIpc) is 3.14. The molecule has 1 amide bonds. The average molecular weight is 479 g/mol. The fraction of sp³-hybridized carbons (Fsp3) is 0.500. The fourth-order valence-electron chi connectivity index (χ4n) is 4.53. The topological polar surface area (TPSA) is 58.6 Å². The van der Waals surface area contributed by atoms with Crippen LogP contribution >= 0.6 is 22.9 Å². The lowest BCUT2D eigenvalue weighted by Crippen LogP contribution is -2.38. The lowest BCUT2D eigenvalue weighted by atomic mass is 9.94. The molecule has 2 heterocycles. The normalized spacial score (nSPS) is 17.1. The molecule has 1 saturated heterocycles. The second-order valence-corrected chi connectivity index (χ2v) is 9.95. The van der Waals surface area contributed by atoms with E-state index in [1.807, 2.05) is 0 Å². The minimum atomic E-state index is -0.345. The maximum Gasteiger partial charge on any atom is 0.341 e. The highest BCUT2D eigenvalue weighted by atomic mass is 35.5. The third-order valence-corrected chi connectivity index (χ3v) is 7.70. The van der Waals surface area contributed by atoms with E-state index in [1.54, 1.807) is 19.1 Å². The van der Waals surface area contributed by atoms with Crippen LogP contribution in [0.3, 0.4) is 0 Å². The van der Waals surface area contributed by atoms with Crippen LogP contribution in [-0.4, -0.2) is 36.5 Å². The Hall–Kier alpha value is -1.96. The Morgan fingerprint density at radius 2 is 2.00 bits per heavy atom. The summed E-state index contributed by atoms with van der Waals surface area (Å²) in [5, 5.41) is 4.06. The van der Waals surface area contributed by atoms with Crippen molar-refractivity contribution in [1.29, 1.82) is 0 Å². The van der Waals surface area contributed by atoms with Crippen molar-refractivity contribution in [3.63, 3.8) is 0 Å². The molecule has 1 aromatic carbocycles. The number of carbonyl (C=O) groups excluding carboxylic acids is 2. The van der Waals surface area contributed by atoms with E-state index in [0.29, 0.717) is 60.2 Å². The number of rotatable bonds is 6. The molecule has 0 bridgehead atoms. The predicted octanol–water partition coefficient (Wildman–Crippen LogP) is 5.45. The Balaban J connectivity index is 1.39. The first-order valence-corrected chi connectivity index (χ1v) is 12.4. The largest absolute Gasteiger partial charge is 0.462 e. The molecule has 1 fully saturated rings. The van der Waals surface area contributed by atoms with Gasteiger partial charge < -0.3 is 10.1 Å². The van der Waals surface area contributed by atoms with Crippen molar-refractivity contribution in [2.75, 3.05) is 25.0 Å². The third-order valence-electron chi connectivity index (χ3n) is 6.26. The molecule has 0 saturated carbocycles. The zero-order valence-electron chi connectivity index (χ0n) is 18.2. The maximum atomic E-state index is 14.1. The Morgan fingerprint density at radius 1 is 1.25 bits per heavy atom. The Kier molecular flexibility index (Phi) is 7.48. The lowest BCUT2D eigenvalue weighted by molar-refractivity contribution is -0.121. The lowest BCUT2D eigenvalue weighted by Gasteiger charge is -2.31. The van der Waals surface area contributed by atoms with Gasteiger partial charge in [0, 0.05) is 27.9 Å². The van der Waals surface area contributed by atoms with Crippen molar-refractivity contribution in [3.8, 4) is 0 Å². The smallest absolute Gasteiger partial charge is 0.341 e. The van der Waals surface area contributed by atoms with E-state index in [-0.39, 0.29) is 23.6 Å². The molecule has 0 radical (unpaired) electrons. The zero-order valence-corrected chi connectivity index (χ0v) is 19.8. The number of likely N-dealkylation sites (tertiary alicyclic amines) is 1. The van der Waals surface area contributed by atoms with E-state index < -0.39 is 0 Å². The van der Waals surface area contributed by atoms with E-state index in [9.17, 15) is 14.0 Å². The van der Waals surface area contributed by atoms with Crippen LogP contribution in [0.5, 0.6) is 0 Å². The number of amides is 1. The van der Waals surface area contributed by atoms with Gasteiger partial charge in [0.1, 0.15) is 10.8 Å². The molecule has 1 N–H and O–H groups in total. The van der Waals surface area contributed by atoms with E-state index in [0.717, 1.165) is 31.2 Å². The van der Waals surface area contributed by atoms with E-state index in [1.165, 1.54) is 22.3 Å². The number of ether oxygens (including phenoxy) is 1. The first-order valence-electron chi connectivity index (χ1n) is 11.2. The minimum Gasteiger partial charge on any atom is -0.462 e. The predicted molar refractivity (Wildman–Crippen MR) is 125 cm³/mol. The van der Waals surface area contributed by atoms with Gasteiger partial charge >= 0.3 is 5.97 Å². The van der Waals surface area contributed by atoms with Crippen LogP contribution in [0.1, 0.15) is 59.0 Å². The van der Waals surface area contributed by atoms with Crippen molar-refractivity contribution in [2.45, 2.75) is 52.0 Å². The quantitative estimate of drug-likeness (QED) is 0.561. The van der Waals surface area contributed by atoms with Gasteiger partial charge in [0.05, 0.1) is 12.2 Å². The van der Waals surface area contributed by atoms with Crippen LogP contribution < -0.4 is 5.32 Å². The molecule has 1 aliphatic carbocycles. The third kappa shape index (κ3) is 5.16. The number of thiophene rings is 1. The molecular formula is C24H28ClFN2O3S. The Bertz CT molecular complexity index is 1000. The minimum absolute atomic E-state index is 0.0496. The number of carbonyl (C=O) groups is 2. The summed E-state index contributed by atoms with van der Waals surface area (Å²) in [5.41, 5.74) is 2.21. The molecule has 32 heavy (non-hydrogen) atoms. The van der Waals surface area contributed by atoms with Crippen LogP contribution in [0.2, 0.25) is 5.02 Å². The molecule has 8 heteroatoms. The van der Waals surface area contributed by atoms with Crippen LogP contribution in [0.4, 0.5) is 9.39 Å². The van der Waals surface area contributed by atoms with Crippen molar-refractivity contribution < 1.29 is 18.7 Å². The molecule has 4 rings (SSSR count). The summed E-state index contributed by atoms with van der Waals surface area (Å²) < 4.78 is 19.4. The highest BCUT2D eigenvalue weighted by molar-refractivity contribution is 7.17. The van der Waals surface area contributed by atoms with Crippen molar-refractivity contribution in [3.05, 3.63) is 50.6 Å².